The van der Waals surface area contributed by atoms with Gasteiger partial charge in [-0.05, 0) is 161 Å². The Morgan fingerprint density at radius 1 is 0.481 bits per heavy atom. The summed E-state index contributed by atoms with van der Waals surface area (Å²) in [4.78, 5) is 2.45. The highest BCUT2D eigenvalue weighted by Gasteiger charge is 2.21. The zero-order chi connectivity index (χ0) is 35.0. The molecule has 0 N–H and O–H groups in total. The molecule has 0 heterocycles. The summed E-state index contributed by atoms with van der Waals surface area (Å²) in [7, 11) is 0. The van der Waals surface area contributed by atoms with Crippen molar-refractivity contribution in [1.82, 2.24) is 0 Å². The topological polar surface area (TPSA) is 3.24 Å². The lowest BCUT2D eigenvalue weighted by Crippen LogP contribution is -2.17. The van der Waals surface area contributed by atoms with Crippen LogP contribution in [0.5, 0.6) is 0 Å². The first-order valence-corrected chi connectivity index (χ1v) is 18.7. The molecule has 0 aromatic heterocycles. The van der Waals surface area contributed by atoms with Crippen LogP contribution in [0, 0.1) is 6.92 Å². The van der Waals surface area contributed by atoms with E-state index in [0.717, 1.165) is 32.1 Å². The Morgan fingerprint density at radius 2 is 1.12 bits per heavy atom. The lowest BCUT2D eigenvalue weighted by atomic mass is 9.89. The number of hydrogen-bond acceptors (Lipinski definition) is 1. The van der Waals surface area contributed by atoms with Crippen molar-refractivity contribution in [2.75, 3.05) is 4.90 Å². The van der Waals surface area contributed by atoms with Crippen LogP contribution in [0.2, 0.25) is 0 Å². The molecular weight excluding hydrogens is 627 g/mol. The lowest BCUT2D eigenvalue weighted by Gasteiger charge is -2.30. The Bertz CT molecular complexity index is 2420. The second kappa shape index (κ2) is 13.7. The molecule has 3 aliphatic carbocycles. The average molecular weight is 670 g/mol. The minimum Gasteiger partial charge on any atom is -0.314 e. The van der Waals surface area contributed by atoms with Crippen LogP contribution in [0.3, 0.4) is 0 Å². The SMILES string of the molecule is CC1=C(c2cc(-c3ccc(N(C4=CC=C(c5ccccc5)CC4)c4ccc(-c5ccc6c(c5)-c5ccccc5C6)cc4)cc3)ccc2C)C=CCC1. The molecular formula is C51H43N. The Hall–Kier alpha value is -5.92. The van der Waals surface area contributed by atoms with Gasteiger partial charge in [0.05, 0.1) is 0 Å². The van der Waals surface area contributed by atoms with E-state index in [4.69, 9.17) is 0 Å². The van der Waals surface area contributed by atoms with Gasteiger partial charge >= 0.3 is 0 Å². The molecule has 6 aromatic carbocycles. The monoisotopic (exact) mass is 669 g/mol. The third kappa shape index (κ3) is 6.07. The van der Waals surface area contributed by atoms with Crippen LogP contribution >= 0.6 is 0 Å². The number of benzene rings is 6. The smallest absolute Gasteiger partial charge is 0.0458 e. The van der Waals surface area contributed by atoms with Crippen LogP contribution in [0.1, 0.15) is 60.4 Å². The highest BCUT2D eigenvalue weighted by atomic mass is 15.1. The van der Waals surface area contributed by atoms with Crippen LogP contribution in [-0.4, -0.2) is 0 Å². The quantitative estimate of drug-likeness (QED) is 0.163. The van der Waals surface area contributed by atoms with Crippen LogP contribution < -0.4 is 4.90 Å². The van der Waals surface area contributed by atoms with E-state index in [-0.39, 0.29) is 0 Å². The van der Waals surface area contributed by atoms with E-state index in [1.54, 1.807) is 0 Å². The lowest BCUT2D eigenvalue weighted by molar-refractivity contribution is 0.930. The molecule has 1 nitrogen and oxygen atoms in total. The van der Waals surface area contributed by atoms with E-state index < -0.39 is 0 Å². The molecule has 0 fully saturated rings. The molecule has 1 heteroatoms. The van der Waals surface area contributed by atoms with E-state index in [2.05, 4.69) is 183 Å². The molecule has 0 amide bonds. The minimum absolute atomic E-state index is 0.970. The van der Waals surface area contributed by atoms with E-state index in [1.165, 1.54) is 95.0 Å². The van der Waals surface area contributed by atoms with Crippen molar-refractivity contribution in [2.24, 2.45) is 0 Å². The Morgan fingerprint density at radius 3 is 1.81 bits per heavy atom. The maximum Gasteiger partial charge on any atom is 0.0458 e. The number of anilines is 2. The van der Waals surface area contributed by atoms with E-state index in [9.17, 15) is 0 Å². The van der Waals surface area contributed by atoms with Gasteiger partial charge in [0.1, 0.15) is 0 Å². The largest absolute Gasteiger partial charge is 0.314 e. The minimum atomic E-state index is 0.970. The second-order valence-corrected chi connectivity index (χ2v) is 14.5. The van der Waals surface area contributed by atoms with Crippen molar-refractivity contribution in [3.8, 4) is 33.4 Å². The van der Waals surface area contributed by atoms with E-state index in [1.807, 2.05) is 0 Å². The standard InChI is InChI=1S/C51H43N/c1-35-10-6-8-14-48(35)50-33-41(17-16-36(50)2)39-22-28-46(29-23-39)52(45-26-20-38(21-27-45)37-11-4-3-5-12-37)47-30-24-40(25-31-47)42-18-19-44-32-43-13-7-9-15-49(43)51(44)34-42/h3-5,7-9,11-20,22-26,28-31,33-34H,6,10,21,27,32H2,1-2H3. The number of nitrogens with zero attached hydrogens (tertiary/aromatic N) is 1. The summed E-state index contributed by atoms with van der Waals surface area (Å²) < 4.78 is 0. The molecule has 0 aliphatic heterocycles. The Labute approximate surface area is 308 Å². The molecule has 0 bridgehead atoms. The van der Waals surface area contributed by atoms with Crippen molar-refractivity contribution in [1.29, 1.82) is 0 Å². The summed E-state index contributed by atoms with van der Waals surface area (Å²) in [5.74, 6) is 0. The van der Waals surface area contributed by atoms with Gasteiger partial charge in [-0.25, -0.2) is 0 Å². The number of fused-ring (bicyclic) bond motifs is 3. The Balaban J connectivity index is 1.06. The fraction of sp³-hybridized carbons (Fsp3) is 0.137. The molecule has 0 spiro atoms. The van der Waals surface area contributed by atoms with Gasteiger partial charge in [-0.15, -0.1) is 0 Å². The molecule has 0 saturated heterocycles. The average Bonchev–Trinajstić information content (AvgIpc) is 3.58. The molecule has 6 aromatic rings. The molecule has 9 rings (SSSR count). The maximum absolute atomic E-state index is 2.45. The molecule has 0 saturated carbocycles. The summed E-state index contributed by atoms with van der Waals surface area (Å²) >= 11 is 0. The van der Waals surface area contributed by atoms with Gasteiger partial charge < -0.3 is 4.90 Å². The van der Waals surface area contributed by atoms with Crippen molar-refractivity contribution >= 4 is 22.5 Å². The fourth-order valence-corrected chi connectivity index (χ4v) is 8.28. The first-order valence-electron chi connectivity index (χ1n) is 18.7. The van der Waals surface area contributed by atoms with Crippen LogP contribution in [0.25, 0.3) is 44.5 Å². The summed E-state index contributed by atoms with van der Waals surface area (Å²) in [6, 6.07) is 51.9. The van der Waals surface area contributed by atoms with Crippen molar-refractivity contribution < 1.29 is 0 Å². The third-order valence-corrected chi connectivity index (χ3v) is 11.2. The molecule has 52 heavy (non-hydrogen) atoms. The summed E-state index contributed by atoms with van der Waals surface area (Å²) in [5, 5.41) is 0. The first-order chi connectivity index (χ1) is 25.6. The van der Waals surface area contributed by atoms with Gasteiger partial charge in [0.25, 0.3) is 0 Å². The normalized spacial score (nSPS) is 14.8. The maximum atomic E-state index is 2.45. The van der Waals surface area contributed by atoms with Crippen LogP contribution in [0.15, 0.2) is 175 Å². The predicted molar refractivity (Wildman–Crippen MR) is 222 cm³/mol. The van der Waals surface area contributed by atoms with Gasteiger partial charge in [0.2, 0.25) is 0 Å². The number of hydrogen-bond donors (Lipinski definition) is 0. The fourth-order valence-electron chi connectivity index (χ4n) is 8.28. The predicted octanol–water partition coefficient (Wildman–Crippen LogP) is 13.9. The van der Waals surface area contributed by atoms with Gasteiger partial charge in [-0.1, -0.05) is 127 Å². The summed E-state index contributed by atoms with van der Waals surface area (Å²) in [6.45, 7) is 4.51. The summed E-state index contributed by atoms with van der Waals surface area (Å²) in [5.41, 5.74) is 22.5. The first kappa shape index (κ1) is 32.0. The summed E-state index contributed by atoms with van der Waals surface area (Å²) in [6.07, 6.45) is 14.5. The van der Waals surface area contributed by atoms with Crippen LogP contribution in [-0.2, 0) is 6.42 Å². The number of rotatable bonds is 7. The van der Waals surface area contributed by atoms with E-state index >= 15 is 0 Å². The van der Waals surface area contributed by atoms with E-state index in [0.29, 0.717) is 0 Å². The molecule has 0 atom stereocenters. The molecule has 0 unspecified atom stereocenters. The third-order valence-electron chi connectivity index (χ3n) is 11.2. The van der Waals surface area contributed by atoms with Gasteiger partial charge in [0.15, 0.2) is 0 Å². The van der Waals surface area contributed by atoms with Gasteiger partial charge in [0, 0.05) is 17.1 Å². The number of allylic oxidation sites excluding steroid dienone is 8. The zero-order valence-corrected chi connectivity index (χ0v) is 30.1. The second-order valence-electron chi connectivity index (χ2n) is 14.5. The highest BCUT2D eigenvalue weighted by Crippen LogP contribution is 2.41. The van der Waals surface area contributed by atoms with Crippen molar-refractivity contribution in [3.63, 3.8) is 0 Å². The van der Waals surface area contributed by atoms with Gasteiger partial charge in [-0.3, -0.25) is 0 Å². The van der Waals surface area contributed by atoms with Crippen molar-refractivity contribution in [2.45, 2.75) is 46.0 Å². The zero-order valence-electron chi connectivity index (χ0n) is 30.1. The molecule has 252 valence electrons. The highest BCUT2D eigenvalue weighted by molar-refractivity contribution is 5.84. The van der Waals surface area contributed by atoms with Crippen molar-refractivity contribution in [3.05, 3.63) is 203 Å². The molecule has 3 aliphatic rings. The Kier molecular flexibility index (Phi) is 8.41. The van der Waals surface area contributed by atoms with Crippen LogP contribution in [0.4, 0.5) is 11.4 Å². The molecule has 0 radical (unpaired) electrons. The van der Waals surface area contributed by atoms with Gasteiger partial charge in [-0.2, -0.15) is 0 Å². The number of aryl methyl sites for hydroxylation is 1.